The van der Waals surface area contributed by atoms with Crippen molar-refractivity contribution < 1.29 is 0 Å². The van der Waals surface area contributed by atoms with Crippen LogP contribution in [0.2, 0.25) is 0 Å². The van der Waals surface area contributed by atoms with Crippen LogP contribution in [0, 0.1) is 0 Å². The minimum atomic E-state index is 0.624. The molecule has 4 rings (SSSR count). The lowest BCUT2D eigenvalue weighted by atomic mass is 9.93. The Bertz CT molecular complexity index is 609. The molecule has 0 heterocycles. The van der Waals surface area contributed by atoms with Crippen LogP contribution in [0.15, 0.2) is 71.4 Å². The highest BCUT2D eigenvalue weighted by Gasteiger charge is 2.27. The van der Waals surface area contributed by atoms with Crippen molar-refractivity contribution in [3.05, 3.63) is 82.5 Å². The van der Waals surface area contributed by atoms with Gasteiger partial charge in [0, 0.05) is 5.92 Å². The Labute approximate surface area is 102 Å². The van der Waals surface area contributed by atoms with Gasteiger partial charge in [-0.3, -0.25) is 0 Å². The molecule has 0 bridgehead atoms. The number of rotatable bonds is 1. The Kier molecular flexibility index (Phi) is 1.81. The lowest BCUT2D eigenvalue weighted by Gasteiger charge is -2.11. The van der Waals surface area contributed by atoms with Crippen molar-refractivity contribution in [1.82, 2.24) is 0 Å². The molecule has 82 valence electrons. The summed E-state index contributed by atoms with van der Waals surface area (Å²) < 4.78 is 0. The number of hydrogen-bond acceptors (Lipinski definition) is 0. The van der Waals surface area contributed by atoms with E-state index in [1.54, 1.807) is 11.1 Å². The van der Waals surface area contributed by atoms with E-state index in [4.69, 9.17) is 0 Å². The van der Waals surface area contributed by atoms with E-state index in [-0.39, 0.29) is 0 Å². The predicted octanol–water partition coefficient (Wildman–Crippen LogP) is 4.08. The van der Waals surface area contributed by atoms with Gasteiger partial charge in [0.15, 0.2) is 0 Å². The van der Waals surface area contributed by atoms with Crippen LogP contribution in [0.4, 0.5) is 0 Å². The van der Waals surface area contributed by atoms with Crippen molar-refractivity contribution in [2.75, 3.05) is 0 Å². The summed E-state index contributed by atoms with van der Waals surface area (Å²) in [7, 11) is 0. The largest absolute Gasteiger partial charge is 0.0620 e. The molecule has 0 radical (unpaired) electrons. The molecule has 0 nitrogen and oxygen atoms in total. The van der Waals surface area contributed by atoms with Gasteiger partial charge in [-0.15, -0.1) is 0 Å². The van der Waals surface area contributed by atoms with E-state index in [0.717, 1.165) is 0 Å². The van der Waals surface area contributed by atoms with Gasteiger partial charge in [0.2, 0.25) is 0 Å². The average Bonchev–Trinajstić information content (AvgIpc) is 3.01. The van der Waals surface area contributed by atoms with Crippen molar-refractivity contribution in [3.8, 4) is 0 Å². The van der Waals surface area contributed by atoms with E-state index < -0.39 is 0 Å². The van der Waals surface area contributed by atoms with Crippen LogP contribution < -0.4 is 0 Å². The zero-order valence-corrected chi connectivity index (χ0v) is 9.69. The van der Waals surface area contributed by atoms with Crippen molar-refractivity contribution in [3.63, 3.8) is 0 Å². The summed E-state index contributed by atoms with van der Waals surface area (Å²) in [5.74, 6) is 0.624. The highest BCUT2D eigenvalue weighted by molar-refractivity contribution is 5.64. The second kappa shape index (κ2) is 3.33. The van der Waals surface area contributed by atoms with Crippen LogP contribution in [0.1, 0.15) is 23.5 Å². The minimum absolute atomic E-state index is 0.624. The second-order valence-corrected chi connectivity index (χ2v) is 5.02. The van der Waals surface area contributed by atoms with Gasteiger partial charge in [-0.2, -0.15) is 0 Å². The Morgan fingerprint density at radius 2 is 1.94 bits per heavy atom. The molecule has 0 saturated heterocycles. The monoisotopic (exact) mass is 218 g/mol. The van der Waals surface area contributed by atoms with E-state index in [0.29, 0.717) is 5.92 Å². The van der Waals surface area contributed by atoms with Crippen molar-refractivity contribution in [1.29, 1.82) is 0 Å². The van der Waals surface area contributed by atoms with Gasteiger partial charge in [-0.25, -0.2) is 0 Å². The predicted molar refractivity (Wildman–Crippen MR) is 70.9 cm³/mol. The summed E-state index contributed by atoms with van der Waals surface area (Å²) in [6.45, 7) is 0. The van der Waals surface area contributed by atoms with Gasteiger partial charge in [-0.05, 0) is 40.7 Å². The molecule has 1 aromatic carbocycles. The maximum atomic E-state index is 2.36. The number of fused-ring (bicyclic) bond motifs is 2. The van der Waals surface area contributed by atoms with Crippen LogP contribution >= 0.6 is 0 Å². The molecular weight excluding hydrogens is 204 g/mol. The zero-order valence-electron chi connectivity index (χ0n) is 9.69. The molecule has 0 spiro atoms. The van der Waals surface area contributed by atoms with Crippen molar-refractivity contribution >= 4 is 0 Å². The standard InChI is InChI=1S/C17H14/c1-2-7-16-12(4-1)8-9-17(16)15-10-13-5-3-6-14(13)11-15/h1-7,10-11,17H,8-9H2. The SMILES string of the molecule is C1=CC2=CC(C3CCc4ccccc43)=CC2=C1. The fourth-order valence-corrected chi connectivity index (χ4v) is 3.22. The fraction of sp³-hybridized carbons (Fsp3) is 0.176. The third-order valence-corrected chi connectivity index (χ3v) is 4.06. The molecule has 3 aliphatic rings. The van der Waals surface area contributed by atoms with Crippen LogP contribution in [0.5, 0.6) is 0 Å². The molecule has 0 aromatic heterocycles. The molecule has 0 heteroatoms. The van der Waals surface area contributed by atoms with Crippen LogP contribution in [-0.2, 0) is 6.42 Å². The smallest absolute Gasteiger partial charge is 0.00956 e. The average molecular weight is 218 g/mol. The summed E-state index contributed by atoms with van der Waals surface area (Å²) in [5.41, 5.74) is 7.37. The Morgan fingerprint density at radius 3 is 2.88 bits per heavy atom. The van der Waals surface area contributed by atoms with Gasteiger partial charge < -0.3 is 0 Å². The molecule has 0 fully saturated rings. The van der Waals surface area contributed by atoms with E-state index >= 15 is 0 Å². The number of benzene rings is 1. The first-order valence-electron chi connectivity index (χ1n) is 6.32. The molecule has 0 N–H and O–H groups in total. The van der Waals surface area contributed by atoms with Gasteiger partial charge in [0.05, 0.1) is 0 Å². The van der Waals surface area contributed by atoms with Crippen LogP contribution in [-0.4, -0.2) is 0 Å². The molecule has 17 heavy (non-hydrogen) atoms. The molecular formula is C17H14. The maximum Gasteiger partial charge on any atom is 0.00956 e. The van der Waals surface area contributed by atoms with E-state index in [1.165, 1.54) is 29.6 Å². The molecule has 1 aromatic rings. The van der Waals surface area contributed by atoms with E-state index in [9.17, 15) is 0 Å². The van der Waals surface area contributed by atoms with Crippen LogP contribution in [0.25, 0.3) is 0 Å². The van der Waals surface area contributed by atoms with Gasteiger partial charge in [0.1, 0.15) is 0 Å². The normalized spacial score (nSPS) is 24.2. The molecule has 0 saturated carbocycles. The summed E-state index contributed by atoms with van der Waals surface area (Å²) in [4.78, 5) is 0. The maximum absolute atomic E-state index is 2.36. The highest BCUT2D eigenvalue weighted by atomic mass is 14.3. The number of allylic oxidation sites excluding steroid dienone is 8. The summed E-state index contributed by atoms with van der Waals surface area (Å²) in [6.07, 6.45) is 13.8. The third kappa shape index (κ3) is 1.30. The molecule has 1 unspecified atom stereocenters. The first kappa shape index (κ1) is 9.23. The number of hydrogen-bond donors (Lipinski definition) is 0. The summed E-state index contributed by atoms with van der Waals surface area (Å²) in [6, 6.07) is 8.89. The Balaban J connectivity index is 1.76. The summed E-state index contributed by atoms with van der Waals surface area (Å²) >= 11 is 0. The third-order valence-electron chi connectivity index (χ3n) is 4.06. The first-order valence-corrected chi connectivity index (χ1v) is 6.32. The topological polar surface area (TPSA) is 0 Å². The first-order chi connectivity index (χ1) is 8.42. The van der Waals surface area contributed by atoms with Gasteiger partial charge in [-0.1, -0.05) is 54.6 Å². The quantitative estimate of drug-likeness (QED) is 0.666. The molecule has 0 aliphatic heterocycles. The molecule has 0 amide bonds. The number of aryl methyl sites for hydroxylation is 1. The lowest BCUT2D eigenvalue weighted by molar-refractivity contribution is 0.789. The highest BCUT2D eigenvalue weighted by Crippen LogP contribution is 2.43. The van der Waals surface area contributed by atoms with E-state index in [2.05, 4.69) is 54.6 Å². The fourth-order valence-electron chi connectivity index (χ4n) is 3.22. The van der Waals surface area contributed by atoms with Crippen molar-refractivity contribution in [2.24, 2.45) is 0 Å². The Hall–Kier alpha value is -1.82. The minimum Gasteiger partial charge on any atom is -0.0620 e. The van der Waals surface area contributed by atoms with Crippen LogP contribution in [0.3, 0.4) is 0 Å². The second-order valence-electron chi connectivity index (χ2n) is 5.02. The van der Waals surface area contributed by atoms with E-state index in [1.807, 2.05) is 0 Å². The zero-order chi connectivity index (χ0) is 11.2. The van der Waals surface area contributed by atoms with Crippen molar-refractivity contribution in [2.45, 2.75) is 18.8 Å². The summed E-state index contributed by atoms with van der Waals surface area (Å²) in [5, 5.41) is 0. The molecule has 3 aliphatic carbocycles. The lowest BCUT2D eigenvalue weighted by Crippen LogP contribution is -1.94. The molecule has 1 atom stereocenters. The Morgan fingerprint density at radius 1 is 1.00 bits per heavy atom. The van der Waals surface area contributed by atoms with Gasteiger partial charge in [0.25, 0.3) is 0 Å². The van der Waals surface area contributed by atoms with Gasteiger partial charge >= 0.3 is 0 Å².